The Morgan fingerprint density at radius 3 is 1.43 bits per heavy atom. The van der Waals surface area contributed by atoms with Crippen molar-refractivity contribution in [3.63, 3.8) is 0 Å². The number of carboxylic acid groups (broad SMARTS) is 1. The van der Waals surface area contributed by atoms with Gasteiger partial charge >= 0.3 is 11.9 Å². The number of allylic oxidation sites excluding steroid dienone is 2. The van der Waals surface area contributed by atoms with Crippen LogP contribution in [0, 0.1) is 21.7 Å². The van der Waals surface area contributed by atoms with Crippen molar-refractivity contribution in [1.82, 2.24) is 0 Å². The first kappa shape index (κ1) is 30.6. The number of ether oxygens (including phenoxy) is 1. The molecule has 0 aliphatic rings. The zero-order valence-corrected chi connectivity index (χ0v) is 21.7. The van der Waals surface area contributed by atoms with Crippen LogP contribution in [0.2, 0.25) is 0 Å². The molecule has 176 valence electrons. The van der Waals surface area contributed by atoms with Crippen molar-refractivity contribution in [1.29, 1.82) is 0 Å². The lowest BCUT2D eigenvalue weighted by Gasteiger charge is -2.27. The first-order chi connectivity index (χ1) is 13.1. The van der Waals surface area contributed by atoms with Crippen molar-refractivity contribution >= 4 is 11.9 Å². The molecular formula is C26H48O4. The standard InChI is InChI=1S/C17H34.C9H14O4/c1-15(2,3)11-10-14(12-16(4,5)6)13-17(7,8)9;1-9(2,3)6-13-8(12)5-4-7(10)11/h10H,11-13H2,1-9H3;4-5H,6H2,1-3H3,(H,10,11). The Labute approximate surface area is 186 Å². The maximum atomic E-state index is 10.8. The Balaban J connectivity index is 0. The highest BCUT2D eigenvalue weighted by Crippen LogP contribution is 2.34. The second-order valence-corrected chi connectivity index (χ2v) is 12.9. The Bertz CT molecular complexity index is 564. The van der Waals surface area contributed by atoms with E-state index < -0.39 is 11.9 Å². The van der Waals surface area contributed by atoms with Gasteiger partial charge in [0.05, 0.1) is 6.61 Å². The maximum absolute atomic E-state index is 10.8. The summed E-state index contributed by atoms with van der Waals surface area (Å²) in [4.78, 5) is 20.8. The minimum absolute atomic E-state index is 0.104. The predicted molar refractivity (Wildman–Crippen MR) is 127 cm³/mol. The van der Waals surface area contributed by atoms with Crippen LogP contribution in [0.25, 0.3) is 0 Å². The summed E-state index contributed by atoms with van der Waals surface area (Å²) in [6.07, 6.45) is 7.78. The van der Waals surface area contributed by atoms with E-state index in [1.54, 1.807) is 5.57 Å². The molecule has 4 nitrogen and oxygen atoms in total. The molecule has 0 aromatic rings. The number of hydrogen-bond donors (Lipinski definition) is 1. The van der Waals surface area contributed by atoms with Gasteiger partial charge < -0.3 is 9.84 Å². The quantitative estimate of drug-likeness (QED) is 0.273. The molecule has 0 saturated carbocycles. The van der Waals surface area contributed by atoms with Crippen molar-refractivity contribution in [2.24, 2.45) is 21.7 Å². The summed E-state index contributed by atoms with van der Waals surface area (Å²) < 4.78 is 4.77. The van der Waals surface area contributed by atoms with E-state index in [9.17, 15) is 9.59 Å². The van der Waals surface area contributed by atoms with Crippen molar-refractivity contribution in [3.8, 4) is 0 Å². The maximum Gasteiger partial charge on any atom is 0.331 e. The minimum atomic E-state index is -1.16. The van der Waals surface area contributed by atoms with Gasteiger partial charge in [0.25, 0.3) is 0 Å². The van der Waals surface area contributed by atoms with E-state index in [1.807, 2.05) is 20.8 Å². The third-order valence-corrected chi connectivity index (χ3v) is 3.53. The molecule has 0 aromatic heterocycles. The van der Waals surface area contributed by atoms with Crippen molar-refractivity contribution in [3.05, 3.63) is 23.8 Å². The average Bonchev–Trinajstić information content (AvgIpc) is 2.44. The van der Waals surface area contributed by atoms with Gasteiger partial charge in [0, 0.05) is 12.2 Å². The highest BCUT2D eigenvalue weighted by atomic mass is 16.5. The summed E-state index contributed by atoms with van der Waals surface area (Å²) in [7, 11) is 0. The second-order valence-electron chi connectivity index (χ2n) is 12.9. The Kier molecular flexibility index (Phi) is 12.6. The SMILES string of the molecule is CC(C)(C)CC=C(CC(C)(C)C)CC(C)(C)C.CC(C)(C)COC(=O)C=CC(=O)O. The number of aliphatic carboxylic acids is 1. The summed E-state index contributed by atoms with van der Waals surface area (Å²) in [5.74, 6) is -1.79. The fraction of sp³-hybridized carbons (Fsp3) is 0.769. The van der Waals surface area contributed by atoms with E-state index in [0.29, 0.717) is 16.2 Å². The molecule has 4 heteroatoms. The van der Waals surface area contributed by atoms with Crippen molar-refractivity contribution < 1.29 is 19.4 Å². The molecule has 0 atom stereocenters. The normalized spacial score (nSPS) is 12.8. The van der Waals surface area contributed by atoms with E-state index in [-0.39, 0.29) is 12.0 Å². The number of esters is 1. The number of carboxylic acids is 1. The molecule has 30 heavy (non-hydrogen) atoms. The number of rotatable bonds is 6. The van der Waals surface area contributed by atoms with Gasteiger partial charge in [0.15, 0.2) is 0 Å². The van der Waals surface area contributed by atoms with E-state index >= 15 is 0 Å². The lowest BCUT2D eigenvalue weighted by molar-refractivity contribution is -0.141. The smallest absolute Gasteiger partial charge is 0.331 e. The van der Waals surface area contributed by atoms with Crippen molar-refractivity contribution in [2.45, 2.75) is 102 Å². The van der Waals surface area contributed by atoms with Crippen molar-refractivity contribution in [2.75, 3.05) is 6.61 Å². The van der Waals surface area contributed by atoms with Gasteiger partial charge in [-0.25, -0.2) is 9.59 Å². The first-order valence-corrected chi connectivity index (χ1v) is 10.9. The molecule has 0 unspecified atom stereocenters. The van der Waals surface area contributed by atoms with Crippen LogP contribution in [0.4, 0.5) is 0 Å². The summed E-state index contributed by atoms with van der Waals surface area (Å²) in [6.45, 7) is 27.0. The van der Waals surface area contributed by atoms with Gasteiger partial charge in [-0.3, -0.25) is 0 Å². The van der Waals surface area contributed by atoms with Gasteiger partial charge in [-0.2, -0.15) is 0 Å². The molecule has 0 heterocycles. The Morgan fingerprint density at radius 2 is 1.13 bits per heavy atom. The van der Waals surface area contributed by atoms with Crippen LogP contribution < -0.4 is 0 Å². The number of carbonyl (C=O) groups is 2. The summed E-state index contributed by atoms with van der Waals surface area (Å²) >= 11 is 0. The first-order valence-electron chi connectivity index (χ1n) is 10.9. The average molecular weight is 425 g/mol. The summed E-state index contributed by atoms with van der Waals surface area (Å²) in [5.41, 5.74) is 2.73. The van der Waals surface area contributed by atoms with E-state index in [2.05, 4.69) is 68.4 Å². The van der Waals surface area contributed by atoms with Crippen LogP contribution >= 0.6 is 0 Å². The van der Waals surface area contributed by atoms with Crippen LogP contribution in [0.15, 0.2) is 23.8 Å². The molecule has 0 aromatic carbocycles. The topological polar surface area (TPSA) is 63.6 Å². The summed E-state index contributed by atoms with van der Waals surface area (Å²) in [6, 6.07) is 0. The van der Waals surface area contributed by atoms with Crippen LogP contribution in [0.3, 0.4) is 0 Å². The molecular weight excluding hydrogens is 376 g/mol. The molecule has 0 spiro atoms. The highest BCUT2D eigenvalue weighted by molar-refractivity contribution is 5.90. The Hall–Kier alpha value is -1.58. The van der Waals surface area contributed by atoms with Gasteiger partial charge in [-0.15, -0.1) is 0 Å². The zero-order valence-electron chi connectivity index (χ0n) is 21.7. The molecule has 0 aliphatic heterocycles. The predicted octanol–water partition coefficient (Wildman–Crippen LogP) is 7.44. The van der Waals surface area contributed by atoms with Crippen LogP contribution in [0.1, 0.15) is 102 Å². The molecule has 0 amide bonds. The zero-order chi connectivity index (χ0) is 24.4. The molecule has 0 saturated heterocycles. The third kappa shape index (κ3) is 26.4. The monoisotopic (exact) mass is 424 g/mol. The van der Waals surface area contributed by atoms with Gasteiger partial charge in [-0.1, -0.05) is 94.7 Å². The van der Waals surface area contributed by atoms with Gasteiger partial charge in [-0.05, 0) is 40.9 Å². The third-order valence-electron chi connectivity index (χ3n) is 3.53. The molecule has 0 fully saturated rings. The van der Waals surface area contributed by atoms with Gasteiger partial charge in [0.2, 0.25) is 0 Å². The Morgan fingerprint density at radius 1 is 0.700 bits per heavy atom. The number of carbonyl (C=O) groups excluding carboxylic acids is 1. The molecule has 0 radical (unpaired) electrons. The highest BCUT2D eigenvalue weighted by Gasteiger charge is 2.19. The van der Waals surface area contributed by atoms with Crippen LogP contribution in [-0.4, -0.2) is 23.7 Å². The minimum Gasteiger partial charge on any atom is -0.478 e. The molecule has 1 N–H and O–H groups in total. The largest absolute Gasteiger partial charge is 0.478 e. The lowest BCUT2D eigenvalue weighted by atomic mass is 9.79. The second kappa shape index (κ2) is 12.3. The molecule has 0 aliphatic carbocycles. The van der Waals surface area contributed by atoms with E-state index in [4.69, 9.17) is 9.84 Å². The molecule has 0 bridgehead atoms. The van der Waals surface area contributed by atoms with E-state index in [0.717, 1.165) is 12.2 Å². The van der Waals surface area contributed by atoms with Crippen LogP contribution in [-0.2, 0) is 14.3 Å². The fourth-order valence-electron chi connectivity index (χ4n) is 2.49. The number of hydrogen-bond acceptors (Lipinski definition) is 3. The van der Waals surface area contributed by atoms with Gasteiger partial charge in [0.1, 0.15) is 0 Å². The molecule has 0 rings (SSSR count). The lowest BCUT2D eigenvalue weighted by Crippen LogP contribution is -2.17. The summed E-state index contributed by atoms with van der Waals surface area (Å²) in [5, 5.41) is 8.20. The fourth-order valence-corrected chi connectivity index (χ4v) is 2.49. The van der Waals surface area contributed by atoms with E-state index in [1.165, 1.54) is 19.3 Å². The van der Waals surface area contributed by atoms with Crippen LogP contribution in [0.5, 0.6) is 0 Å².